The normalized spacial score (nSPS) is 12.8. The fourth-order valence-electron chi connectivity index (χ4n) is 2.66. The van der Waals surface area contributed by atoms with E-state index in [1.54, 1.807) is 12.1 Å². The van der Waals surface area contributed by atoms with E-state index < -0.39 is 0 Å². The molecule has 2 aromatic rings. The van der Waals surface area contributed by atoms with E-state index in [4.69, 9.17) is 9.47 Å². The van der Waals surface area contributed by atoms with E-state index in [0.717, 1.165) is 22.4 Å². The van der Waals surface area contributed by atoms with Gasteiger partial charge in [0.05, 0.1) is 6.42 Å². The van der Waals surface area contributed by atoms with Crippen LogP contribution in [0, 0.1) is 12.7 Å². The highest BCUT2D eigenvalue weighted by Crippen LogP contribution is 2.33. The van der Waals surface area contributed by atoms with Crippen LogP contribution in [-0.2, 0) is 17.6 Å². The predicted octanol–water partition coefficient (Wildman–Crippen LogP) is 2.81. The monoisotopic (exact) mass is 329 g/mol. The molecule has 126 valence electrons. The molecule has 0 atom stereocenters. The Balaban J connectivity index is 1.54. The molecule has 2 aromatic carbocycles. The minimum atomic E-state index is -0.253. The number of hydrogen-bond acceptors (Lipinski definition) is 3. The summed E-state index contributed by atoms with van der Waals surface area (Å²) in [7, 11) is 0. The van der Waals surface area contributed by atoms with Crippen LogP contribution in [0.2, 0.25) is 0 Å². The minimum Gasteiger partial charge on any atom is -0.486 e. The Morgan fingerprint density at radius 3 is 2.50 bits per heavy atom. The van der Waals surface area contributed by atoms with Gasteiger partial charge in [-0.2, -0.15) is 0 Å². The summed E-state index contributed by atoms with van der Waals surface area (Å²) in [6.07, 6.45) is 0.970. The molecule has 1 heterocycles. The number of aryl methyl sites for hydroxylation is 1. The summed E-state index contributed by atoms with van der Waals surface area (Å²) in [5, 5.41) is 2.90. The molecule has 0 spiro atoms. The van der Waals surface area contributed by atoms with Gasteiger partial charge in [0.2, 0.25) is 5.91 Å². The van der Waals surface area contributed by atoms with Crippen molar-refractivity contribution in [2.24, 2.45) is 0 Å². The van der Waals surface area contributed by atoms with Gasteiger partial charge in [0.1, 0.15) is 19.0 Å². The number of amides is 1. The Labute approximate surface area is 140 Å². The maximum atomic E-state index is 12.8. The van der Waals surface area contributed by atoms with E-state index in [1.165, 1.54) is 12.1 Å². The highest BCUT2D eigenvalue weighted by atomic mass is 19.1. The fraction of sp³-hybridized carbons (Fsp3) is 0.316. The van der Waals surface area contributed by atoms with Crippen LogP contribution in [0.4, 0.5) is 4.39 Å². The third-order valence-corrected chi connectivity index (χ3v) is 4.00. The Hall–Kier alpha value is -2.56. The average molecular weight is 329 g/mol. The molecule has 1 aliphatic rings. The maximum Gasteiger partial charge on any atom is 0.224 e. The van der Waals surface area contributed by atoms with Crippen molar-refractivity contribution in [1.82, 2.24) is 5.32 Å². The van der Waals surface area contributed by atoms with Crippen molar-refractivity contribution in [3.05, 3.63) is 58.9 Å². The molecule has 0 aromatic heterocycles. The van der Waals surface area contributed by atoms with Gasteiger partial charge < -0.3 is 14.8 Å². The second-order valence-corrected chi connectivity index (χ2v) is 5.83. The van der Waals surface area contributed by atoms with Crippen LogP contribution in [-0.4, -0.2) is 25.7 Å². The Morgan fingerprint density at radius 1 is 1.12 bits per heavy atom. The predicted molar refractivity (Wildman–Crippen MR) is 89.0 cm³/mol. The van der Waals surface area contributed by atoms with Crippen molar-refractivity contribution >= 4 is 5.91 Å². The zero-order valence-corrected chi connectivity index (χ0v) is 13.6. The van der Waals surface area contributed by atoms with Crippen LogP contribution in [0.1, 0.15) is 16.7 Å². The van der Waals surface area contributed by atoms with Gasteiger partial charge in [-0.05, 0) is 54.3 Å². The van der Waals surface area contributed by atoms with Gasteiger partial charge in [-0.15, -0.1) is 0 Å². The maximum absolute atomic E-state index is 12.8. The summed E-state index contributed by atoms with van der Waals surface area (Å²) in [6.45, 7) is 3.56. The Morgan fingerprint density at radius 2 is 1.79 bits per heavy atom. The van der Waals surface area contributed by atoms with Crippen molar-refractivity contribution in [2.45, 2.75) is 19.8 Å². The smallest absolute Gasteiger partial charge is 0.224 e. The quantitative estimate of drug-likeness (QED) is 0.917. The van der Waals surface area contributed by atoms with Crippen LogP contribution in [0.5, 0.6) is 11.5 Å². The molecule has 0 bridgehead atoms. The topological polar surface area (TPSA) is 47.6 Å². The van der Waals surface area contributed by atoms with E-state index in [9.17, 15) is 9.18 Å². The first-order valence-electron chi connectivity index (χ1n) is 8.02. The molecule has 0 saturated heterocycles. The van der Waals surface area contributed by atoms with Crippen LogP contribution in [0.25, 0.3) is 0 Å². The molecule has 24 heavy (non-hydrogen) atoms. The van der Waals surface area contributed by atoms with Gasteiger partial charge in [-0.25, -0.2) is 4.39 Å². The summed E-state index contributed by atoms with van der Waals surface area (Å²) in [5.41, 5.74) is 2.93. The molecule has 0 radical (unpaired) electrons. The lowest BCUT2D eigenvalue weighted by molar-refractivity contribution is -0.120. The van der Waals surface area contributed by atoms with Gasteiger partial charge >= 0.3 is 0 Å². The minimum absolute atomic E-state index is 0.0445. The van der Waals surface area contributed by atoms with Gasteiger partial charge in [0.15, 0.2) is 11.5 Å². The summed E-state index contributed by atoms with van der Waals surface area (Å²) in [4.78, 5) is 12.1. The zero-order chi connectivity index (χ0) is 16.9. The van der Waals surface area contributed by atoms with Gasteiger partial charge in [-0.3, -0.25) is 4.79 Å². The SMILES string of the molecule is Cc1cc2c(cc1CC(=O)NCCc1ccc(F)cc1)OCCO2. The van der Waals surface area contributed by atoms with Crippen molar-refractivity contribution in [3.8, 4) is 11.5 Å². The highest BCUT2D eigenvalue weighted by Gasteiger charge is 2.15. The number of carbonyl (C=O) groups excluding carboxylic acids is 1. The highest BCUT2D eigenvalue weighted by molar-refractivity contribution is 5.79. The molecule has 3 rings (SSSR count). The van der Waals surface area contributed by atoms with Crippen LogP contribution in [0.15, 0.2) is 36.4 Å². The number of benzene rings is 2. The first-order valence-corrected chi connectivity index (χ1v) is 8.02. The van der Waals surface area contributed by atoms with E-state index >= 15 is 0 Å². The number of nitrogens with one attached hydrogen (secondary N) is 1. The number of hydrogen-bond donors (Lipinski definition) is 1. The van der Waals surface area contributed by atoms with Crippen LogP contribution < -0.4 is 14.8 Å². The molecule has 0 aliphatic carbocycles. The summed E-state index contributed by atoms with van der Waals surface area (Å²) >= 11 is 0. The molecular formula is C19H20FNO3. The zero-order valence-electron chi connectivity index (χ0n) is 13.6. The summed E-state index contributed by atoms with van der Waals surface area (Å²) in [6, 6.07) is 10.1. The first-order chi connectivity index (χ1) is 11.6. The lowest BCUT2D eigenvalue weighted by Crippen LogP contribution is -2.27. The lowest BCUT2D eigenvalue weighted by atomic mass is 10.0. The number of ether oxygens (including phenoxy) is 2. The third kappa shape index (κ3) is 4.04. The van der Waals surface area contributed by atoms with Crippen molar-refractivity contribution in [3.63, 3.8) is 0 Å². The third-order valence-electron chi connectivity index (χ3n) is 4.00. The number of carbonyl (C=O) groups is 1. The largest absolute Gasteiger partial charge is 0.486 e. The molecule has 4 nitrogen and oxygen atoms in total. The second-order valence-electron chi connectivity index (χ2n) is 5.83. The molecule has 1 N–H and O–H groups in total. The van der Waals surface area contributed by atoms with E-state index in [0.29, 0.717) is 38.3 Å². The summed E-state index contributed by atoms with van der Waals surface area (Å²) < 4.78 is 23.9. The average Bonchev–Trinajstić information content (AvgIpc) is 2.57. The number of halogens is 1. The summed E-state index contributed by atoms with van der Waals surface area (Å²) in [5.74, 6) is 1.13. The fourth-order valence-corrected chi connectivity index (χ4v) is 2.66. The molecule has 0 unspecified atom stereocenters. The van der Waals surface area contributed by atoms with Gasteiger partial charge in [-0.1, -0.05) is 12.1 Å². The van der Waals surface area contributed by atoms with E-state index in [-0.39, 0.29) is 11.7 Å². The molecule has 5 heteroatoms. The van der Waals surface area contributed by atoms with Crippen LogP contribution >= 0.6 is 0 Å². The van der Waals surface area contributed by atoms with Crippen molar-refractivity contribution in [1.29, 1.82) is 0 Å². The van der Waals surface area contributed by atoms with Crippen molar-refractivity contribution < 1.29 is 18.7 Å². The van der Waals surface area contributed by atoms with E-state index in [2.05, 4.69) is 5.32 Å². The van der Waals surface area contributed by atoms with Gasteiger partial charge in [0.25, 0.3) is 0 Å². The van der Waals surface area contributed by atoms with E-state index in [1.807, 2.05) is 19.1 Å². The second kappa shape index (κ2) is 7.34. The Bertz CT molecular complexity index is 728. The Kier molecular flexibility index (Phi) is 4.99. The van der Waals surface area contributed by atoms with Crippen molar-refractivity contribution in [2.75, 3.05) is 19.8 Å². The molecule has 1 amide bonds. The molecule has 0 fully saturated rings. The van der Waals surface area contributed by atoms with Gasteiger partial charge in [0, 0.05) is 6.54 Å². The molecule has 0 saturated carbocycles. The number of rotatable bonds is 5. The molecule has 1 aliphatic heterocycles. The molecular weight excluding hydrogens is 309 g/mol. The lowest BCUT2D eigenvalue weighted by Gasteiger charge is -2.20. The first kappa shape index (κ1) is 16.3. The number of fused-ring (bicyclic) bond motifs is 1. The standard InChI is InChI=1S/C19H20FNO3/c1-13-10-17-18(24-9-8-23-17)11-15(13)12-19(22)21-7-6-14-2-4-16(20)5-3-14/h2-5,10-11H,6-9,12H2,1H3,(H,21,22). The van der Waals surface area contributed by atoms with Crippen LogP contribution in [0.3, 0.4) is 0 Å².